The molecule has 1 saturated heterocycles. The number of nitrogens with one attached hydrogen (secondary N) is 1. The molecule has 32 heavy (non-hydrogen) atoms. The van der Waals surface area contributed by atoms with E-state index in [1.54, 1.807) is 23.1 Å². The van der Waals surface area contributed by atoms with Crippen molar-refractivity contribution in [2.75, 3.05) is 27.2 Å². The summed E-state index contributed by atoms with van der Waals surface area (Å²) in [4.78, 5) is 35.8. The van der Waals surface area contributed by atoms with Gasteiger partial charge in [0.15, 0.2) is 0 Å². The third kappa shape index (κ3) is 3.04. The highest BCUT2D eigenvalue weighted by Crippen LogP contribution is 2.49. The number of amides is 3. The van der Waals surface area contributed by atoms with Gasteiger partial charge in [-0.1, -0.05) is 28.1 Å². The molecule has 3 heterocycles. The molecule has 1 aromatic heterocycles. The normalized spacial score (nSPS) is 22.7. The molecule has 1 fully saturated rings. The summed E-state index contributed by atoms with van der Waals surface area (Å²) in [7, 11) is 3.84. The summed E-state index contributed by atoms with van der Waals surface area (Å²) in [5.41, 5.74) is 2.63. The van der Waals surface area contributed by atoms with E-state index in [1.165, 1.54) is 4.90 Å². The number of carbonyl (C=O) groups excluding carboxylic acids is 2. The van der Waals surface area contributed by atoms with E-state index in [9.17, 15) is 14.7 Å². The van der Waals surface area contributed by atoms with Crippen LogP contribution in [0.2, 0.25) is 0 Å². The molecule has 2 N–H and O–H groups in total. The van der Waals surface area contributed by atoms with Crippen LogP contribution in [0, 0.1) is 0 Å². The number of aromatic amines is 1. The molecule has 2 aromatic carbocycles. The van der Waals surface area contributed by atoms with E-state index in [-0.39, 0.29) is 17.7 Å². The van der Waals surface area contributed by atoms with Gasteiger partial charge in [-0.25, -0.2) is 4.79 Å². The highest BCUT2D eigenvalue weighted by atomic mass is 79.9. The van der Waals surface area contributed by atoms with Crippen molar-refractivity contribution in [3.63, 3.8) is 0 Å². The molecule has 2 aliphatic heterocycles. The summed E-state index contributed by atoms with van der Waals surface area (Å²) in [5, 5.41) is 11.2. The lowest BCUT2D eigenvalue weighted by atomic mass is 9.81. The maximum absolute atomic E-state index is 13.6. The molecule has 0 bridgehead atoms. The molecular formula is C24H25BrN4O3. The van der Waals surface area contributed by atoms with E-state index in [1.807, 2.05) is 50.2 Å². The summed E-state index contributed by atoms with van der Waals surface area (Å²) < 4.78 is 0.953. The third-order valence-electron chi connectivity index (χ3n) is 6.59. The van der Waals surface area contributed by atoms with Gasteiger partial charge < -0.3 is 15.0 Å². The number of hydrogen-bond donors (Lipinski definition) is 2. The van der Waals surface area contributed by atoms with Crippen LogP contribution in [0.4, 0.5) is 4.79 Å². The maximum Gasteiger partial charge on any atom is 0.328 e. The SMILES string of the molecule is CN(C)CCN1C(=O)N2C(c3cccc(O)c3)c3[nH]c4ccc(Br)cc4c3CC2(C)C1=O. The number of aromatic hydroxyl groups is 1. The Balaban J connectivity index is 1.72. The molecule has 2 aliphatic rings. The van der Waals surface area contributed by atoms with Crippen molar-refractivity contribution in [2.45, 2.75) is 24.9 Å². The Bertz CT molecular complexity index is 1250. The summed E-state index contributed by atoms with van der Waals surface area (Å²) in [6.45, 7) is 2.79. The fraction of sp³-hybridized carbons (Fsp3) is 0.333. The average molecular weight is 497 g/mol. The molecule has 0 radical (unpaired) electrons. The first-order valence-electron chi connectivity index (χ1n) is 10.6. The number of benzene rings is 2. The number of phenolic OH excluding ortho intramolecular Hbond substituents is 1. The van der Waals surface area contributed by atoms with E-state index in [0.717, 1.165) is 32.2 Å². The average Bonchev–Trinajstić information content (AvgIpc) is 3.17. The quantitative estimate of drug-likeness (QED) is 0.537. The molecule has 0 aliphatic carbocycles. The smallest absolute Gasteiger partial charge is 0.328 e. The Labute approximate surface area is 194 Å². The predicted octanol–water partition coefficient (Wildman–Crippen LogP) is 3.87. The van der Waals surface area contributed by atoms with Crippen molar-refractivity contribution in [1.82, 2.24) is 19.7 Å². The molecule has 0 spiro atoms. The number of urea groups is 1. The Kier molecular flexibility index (Phi) is 4.83. The topological polar surface area (TPSA) is 79.9 Å². The third-order valence-corrected chi connectivity index (χ3v) is 7.08. The first-order valence-corrected chi connectivity index (χ1v) is 11.4. The Hall–Kier alpha value is -2.84. The number of halogens is 1. The van der Waals surface area contributed by atoms with Crippen molar-refractivity contribution in [1.29, 1.82) is 0 Å². The molecule has 8 heteroatoms. The van der Waals surface area contributed by atoms with Gasteiger partial charge in [-0.05, 0) is 62.5 Å². The standard InChI is InChI=1S/C24H25BrN4O3/c1-24-13-18-17-12-15(25)7-8-19(17)26-20(18)21(14-5-4-6-16(30)11-14)29(24)23(32)28(22(24)31)10-9-27(2)3/h4-8,11-12,21,26,30H,9-10,13H2,1-3H3. The number of phenols is 1. The predicted molar refractivity (Wildman–Crippen MR) is 126 cm³/mol. The van der Waals surface area contributed by atoms with Crippen LogP contribution in [-0.4, -0.2) is 69.5 Å². The summed E-state index contributed by atoms with van der Waals surface area (Å²) in [6.07, 6.45) is 0.428. The van der Waals surface area contributed by atoms with Gasteiger partial charge in [-0.15, -0.1) is 0 Å². The second kappa shape index (κ2) is 7.35. The lowest BCUT2D eigenvalue weighted by molar-refractivity contribution is -0.133. The lowest BCUT2D eigenvalue weighted by Gasteiger charge is -2.42. The number of H-pyrrole nitrogens is 1. The van der Waals surface area contributed by atoms with Gasteiger partial charge >= 0.3 is 6.03 Å². The molecule has 166 valence electrons. The van der Waals surface area contributed by atoms with Crippen LogP contribution in [0.15, 0.2) is 46.9 Å². The minimum Gasteiger partial charge on any atom is -0.508 e. The van der Waals surface area contributed by atoms with Gasteiger partial charge in [0.1, 0.15) is 17.3 Å². The number of nitrogens with zero attached hydrogens (tertiary/aromatic N) is 3. The maximum atomic E-state index is 13.6. The number of carbonyl (C=O) groups is 2. The van der Waals surface area contributed by atoms with E-state index in [0.29, 0.717) is 19.5 Å². The number of rotatable bonds is 4. The second-order valence-corrected chi connectivity index (χ2v) is 9.98. The van der Waals surface area contributed by atoms with Crippen LogP contribution in [0.3, 0.4) is 0 Å². The zero-order valence-corrected chi connectivity index (χ0v) is 19.8. The van der Waals surface area contributed by atoms with Crippen LogP contribution < -0.4 is 0 Å². The van der Waals surface area contributed by atoms with Crippen molar-refractivity contribution in [2.24, 2.45) is 0 Å². The first kappa shape index (κ1) is 21.0. The Morgan fingerprint density at radius 2 is 2.00 bits per heavy atom. The number of fused-ring (bicyclic) bond motifs is 4. The molecule has 3 amide bonds. The fourth-order valence-electron chi connectivity index (χ4n) is 5.02. The number of likely N-dealkylation sites (N-methyl/N-ethyl adjacent to an activating group) is 1. The molecular weight excluding hydrogens is 472 g/mol. The van der Waals surface area contributed by atoms with Crippen LogP contribution in [0.5, 0.6) is 5.75 Å². The highest BCUT2D eigenvalue weighted by molar-refractivity contribution is 9.10. The summed E-state index contributed by atoms with van der Waals surface area (Å²) in [5.74, 6) is -0.0536. The summed E-state index contributed by atoms with van der Waals surface area (Å²) in [6, 6.07) is 12.1. The molecule has 2 unspecified atom stereocenters. The van der Waals surface area contributed by atoms with E-state index >= 15 is 0 Å². The van der Waals surface area contributed by atoms with Crippen LogP contribution in [-0.2, 0) is 11.2 Å². The van der Waals surface area contributed by atoms with E-state index in [2.05, 4.69) is 20.9 Å². The highest BCUT2D eigenvalue weighted by Gasteiger charge is 2.60. The van der Waals surface area contributed by atoms with Crippen molar-refractivity contribution < 1.29 is 14.7 Å². The first-order chi connectivity index (χ1) is 15.2. The van der Waals surface area contributed by atoms with Crippen molar-refractivity contribution >= 4 is 38.8 Å². The number of hydrogen-bond acceptors (Lipinski definition) is 4. The van der Waals surface area contributed by atoms with E-state index in [4.69, 9.17) is 0 Å². The summed E-state index contributed by atoms with van der Waals surface area (Å²) >= 11 is 3.56. The lowest BCUT2D eigenvalue weighted by Crippen LogP contribution is -2.53. The van der Waals surface area contributed by atoms with Crippen molar-refractivity contribution in [3.8, 4) is 5.75 Å². The van der Waals surface area contributed by atoms with Gasteiger partial charge in [-0.3, -0.25) is 14.6 Å². The minimum atomic E-state index is -1.01. The Morgan fingerprint density at radius 1 is 1.22 bits per heavy atom. The second-order valence-electron chi connectivity index (χ2n) is 9.07. The number of aromatic nitrogens is 1. The Morgan fingerprint density at radius 3 is 2.72 bits per heavy atom. The minimum absolute atomic E-state index is 0.123. The molecule has 3 aromatic rings. The van der Waals surface area contributed by atoms with Gasteiger partial charge in [0.05, 0.1) is 0 Å². The van der Waals surface area contributed by atoms with Crippen LogP contribution in [0.25, 0.3) is 10.9 Å². The molecule has 0 saturated carbocycles. The zero-order valence-electron chi connectivity index (χ0n) is 18.2. The molecule has 5 rings (SSSR count). The van der Waals surface area contributed by atoms with Crippen LogP contribution in [0.1, 0.15) is 29.8 Å². The fourth-order valence-corrected chi connectivity index (χ4v) is 5.38. The number of imide groups is 1. The largest absolute Gasteiger partial charge is 0.508 e. The molecule has 7 nitrogen and oxygen atoms in total. The van der Waals surface area contributed by atoms with Gasteiger partial charge in [0.25, 0.3) is 5.91 Å². The molecule has 2 atom stereocenters. The van der Waals surface area contributed by atoms with Gasteiger partial charge in [0.2, 0.25) is 0 Å². The van der Waals surface area contributed by atoms with Gasteiger partial charge in [0, 0.05) is 40.6 Å². The van der Waals surface area contributed by atoms with Crippen LogP contribution >= 0.6 is 15.9 Å². The van der Waals surface area contributed by atoms with Gasteiger partial charge in [-0.2, -0.15) is 0 Å². The van der Waals surface area contributed by atoms with E-state index < -0.39 is 11.6 Å². The van der Waals surface area contributed by atoms with Crippen molar-refractivity contribution in [3.05, 3.63) is 63.8 Å². The zero-order chi connectivity index (χ0) is 22.8. The monoisotopic (exact) mass is 496 g/mol.